The van der Waals surface area contributed by atoms with Crippen LogP contribution < -0.4 is 5.73 Å². The van der Waals surface area contributed by atoms with Gasteiger partial charge in [-0.3, -0.25) is 19.2 Å². The lowest BCUT2D eigenvalue weighted by Crippen LogP contribution is -2.69. The monoisotopic (exact) mass is 687 g/mol. The van der Waals surface area contributed by atoms with Gasteiger partial charge in [-0.15, -0.1) is 31.8 Å². The maximum Gasteiger partial charge on any atom is 0.323 e. The Bertz CT molecular complexity index is 1410. The fourth-order valence-electron chi connectivity index (χ4n) is 8.38. The van der Waals surface area contributed by atoms with Gasteiger partial charge in [0.15, 0.2) is 18.5 Å². The number of aliphatic hydroxyl groups is 2. The van der Waals surface area contributed by atoms with Crippen LogP contribution in [0.25, 0.3) is 0 Å². The highest BCUT2D eigenvalue weighted by molar-refractivity contribution is 6.26. The predicted molar refractivity (Wildman–Crippen MR) is 157 cm³/mol. The van der Waals surface area contributed by atoms with Crippen molar-refractivity contribution >= 4 is 35.1 Å². The van der Waals surface area contributed by atoms with Crippen LogP contribution >= 0.6 is 11.6 Å². The topological polar surface area (TPSA) is 258 Å². The molecule has 0 bridgehead atoms. The van der Waals surface area contributed by atoms with Crippen molar-refractivity contribution in [2.24, 2.45) is 34.3 Å². The Balaban J connectivity index is 1.39. The Hall–Kier alpha value is -3.67. The molecule has 0 aromatic carbocycles. The van der Waals surface area contributed by atoms with Crippen LogP contribution in [0.4, 0.5) is 0 Å². The van der Waals surface area contributed by atoms with E-state index in [0.717, 1.165) is 5.57 Å². The number of carbonyl (C=O) groups excluding carboxylic acids is 4. The minimum Gasteiger partial charge on any atom is -0.462 e. The summed E-state index contributed by atoms with van der Waals surface area (Å²) in [7, 11) is 0. The molecular formula is C29H38ClN3O14. The lowest BCUT2D eigenvalue weighted by atomic mass is 9.45. The Labute approximate surface area is 273 Å². The van der Waals surface area contributed by atoms with E-state index in [1.807, 2.05) is 6.92 Å². The minimum atomic E-state index is -2.01. The standard InChI is InChI=1S/C29H38ClN3O14/c1-15-8-20-19-5-4-16-9-17(34)6-7-26(16,2)28(19,30)22(35)11-27(20,3)29(15,39)23(36)14-44-24(37)10-21(31)25(38)45-12-18(47-33(42)43)13-46-32(40)41/h6-7,9,15,18-22,35,39H,4-5,8,10-14,31H2,1-3H3/t15-,18?,19-,20-,21?,22-,26-,27-,28-,29?/m0/s1. The number of aliphatic hydroxyl groups excluding tert-OH is 1. The molecule has 0 heterocycles. The third-order valence-electron chi connectivity index (χ3n) is 10.7. The molecule has 4 N–H and O–H groups in total. The molecule has 4 rings (SSSR count). The van der Waals surface area contributed by atoms with Crippen molar-refractivity contribution < 1.29 is 58.7 Å². The van der Waals surface area contributed by atoms with Gasteiger partial charge in [-0.25, -0.2) is 0 Å². The summed E-state index contributed by atoms with van der Waals surface area (Å²) in [6.07, 6.45) is 2.62. The molecule has 0 spiro atoms. The summed E-state index contributed by atoms with van der Waals surface area (Å²) in [5, 5.41) is 42.1. The molecule has 4 aliphatic rings. The number of nitrogens with zero attached hydrogens (tertiary/aromatic N) is 2. The van der Waals surface area contributed by atoms with E-state index < -0.39 is 99.6 Å². The van der Waals surface area contributed by atoms with Crippen LogP contribution in [-0.2, 0) is 38.3 Å². The van der Waals surface area contributed by atoms with Crippen LogP contribution in [0.2, 0.25) is 0 Å². The highest BCUT2D eigenvalue weighted by atomic mass is 35.5. The molecule has 18 heteroatoms. The van der Waals surface area contributed by atoms with Gasteiger partial charge in [-0.05, 0) is 55.6 Å². The predicted octanol–water partition coefficient (Wildman–Crippen LogP) is 0.762. The third-order valence-corrected chi connectivity index (χ3v) is 11.6. The van der Waals surface area contributed by atoms with Gasteiger partial charge >= 0.3 is 11.9 Å². The van der Waals surface area contributed by atoms with Crippen molar-refractivity contribution in [3.8, 4) is 0 Å². The van der Waals surface area contributed by atoms with E-state index in [4.69, 9.17) is 26.8 Å². The van der Waals surface area contributed by atoms with Gasteiger partial charge in [-0.1, -0.05) is 32.4 Å². The summed E-state index contributed by atoms with van der Waals surface area (Å²) >= 11 is 7.40. The molecule has 0 aromatic heterocycles. The second-order valence-corrected chi connectivity index (χ2v) is 13.8. The minimum absolute atomic E-state index is 0.0343. The van der Waals surface area contributed by atoms with Crippen molar-refractivity contribution in [1.29, 1.82) is 0 Å². The average Bonchev–Trinajstić information content (AvgIpc) is 3.19. The van der Waals surface area contributed by atoms with Crippen LogP contribution in [0.3, 0.4) is 0 Å². The number of hydrogen-bond donors (Lipinski definition) is 3. The highest BCUT2D eigenvalue weighted by Crippen LogP contribution is 2.71. The van der Waals surface area contributed by atoms with Gasteiger partial charge in [0.1, 0.15) is 24.9 Å². The number of ether oxygens (including phenoxy) is 2. The summed E-state index contributed by atoms with van der Waals surface area (Å²) in [5.41, 5.74) is 2.53. The number of nitrogens with two attached hydrogens (primary N) is 1. The molecule has 0 radical (unpaired) electrons. The molecule has 47 heavy (non-hydrogen) atoms. The first-order valence-electron chi connectivity index (χ1n) is 15.0. The summed E-state index contributed by atoms with van der Waals surface area (Å²) in [6.45, 7) is 2.68. The first kappa shape index (κ1) is 36.2. The molecule has 260 valence electrons. The number of esters is 2. The molecule has 3 saturated carbocycles. The first-order valence-corrected chi connectivity index (χ1v) is 15.4. The third kappa shape index (κ3) is 6.21. The molecule has 0 aliphatic heterocycles. The Kier molecular flexibility index (Phi) is 10.1. The molecule has 17 nitrogen and oxygen atoms in total. The SMILES string of the molecule is C[C@H]1C[C@H]2[C@@H]3CCC4=CC(=O)C=C[C@]4(C)[C@@]3(Cl)[C@@H](O)C[C@]2(C)C1(O)C(=O)COC(=O)CC(N)C(=O)OCC(CO[N+](=O)[O-])O[N+](=O)[O-]. The average molecular weight is 688 g/mol. The Morgan fingerprint density at radius 3 is 2.47 bits per heavy atom. The van der Waals surface area contributed by atoms with Gasteiger partial charge < -0.3 is 35.1 Å². The van der Waals surface area contributed by atoms with Crippen molar-refractivity contribution in [3.05, 3.63) is 44.0 Å². The molecule has 3 unspecified atom stereocenters. The van der Waals surface area contributed by atoms with Crippen LogP contribution in [-0.4, -0.2) is 92.4 Å². The van der Waals surface area contributed by atoms with Gasteiger partial charge in [0.2, 0.25) is 5.78 Å². The number of Topliss-reactive ketones (excluding diaryl/α,β-unsaturated/α-hetero) is 1. The summed E-state index contributed by atoms with van der Waals surface area (Å²) in [6, 6.07) is -1.64. The van der Waals surface area contributed by atoms with Crippen molar-refractivity contribution in [3.63, 3.8) is 0 Å². The van der Waals surface area contributed by atoms with E-state index >= 15 is 0 Å². The van der Waals surface area contributed by atoms with Crippen molar-refractivity contribution in [2.45, 2.75) is 81.6 Å². The van der Waals surface area contributed by atoms with E-state index in [1.165, 1.54) is 6.08 Å². The highest BCUT2D eigenvalue weighted by Gasteiger charge is 2.74. The molecular weight excluding hydrogens is 650 g/mol. The molecule has 0 saturated heterocycles. The molecule has 3 fully saturated rings. The Morgan fingerprint density at radius 1 is 1.15 bits per heavy atom. The second kappa shape index (κ2) is 13.1. The summed E-state index contributed by atoms with van der Waals surface area (Å²) < 4.78 is 9.83. The largest absolute Gasteiger partial charge is 0.462 e. The van der Waals surface area contributed by atoms with Gasteiger partial charge in [-0.2, -0.15) is 0 Å². The zero-order chi connectivity index (χ0) is 35.1. The van der Waals surface area contributed by atoms with Crippen molar-refractivity contribution in [1.82, 2.24) is 0 Å². The lowest BCUT2D eigenvalue weighted by molar-refractivity contribution is -0.790. The lowest BCUT2D eigenvalue weighted by Gasteiger charge is -2.63. The van der Waals surface area contributed by atoms with Gasteiger partial charge in [0, 0.05) is 10.8 Å². The number of fused-ring (bicyclic) bond motifs is 5. The fraction of sp³-hybridized carbons (Fsp3) is 0.724. The number of alkyl halides is 1. The zero-order valence-electron chi connectivity index (χ0n) is 26.0. The number of halogens is 1. The number of hydrogen-bond acceptors (Lipinski definition) is 15. The maximum absolute atomic E-state index is 13.7. The van der Waals surface area contributed by atoms with Crippen LogP contribution in [0, 0.1) is 48.8 Å². The fourth-order valence-corrected chi connectivity index (χ4v) is 8.90. The van der Waals surface area contributed by atoms with Crippen LogP contribution in [0.1, 0.15) is 52.9 Å². The van der Waals surface area contributed by atoms with E-state index in [2.05, 4.69) is 9.68 Å². The molecule has 10 atom stereocenters. The van der Waals surface area contributed by atoms with E-state index in [-0.39, 0.29) is 24.0 Å². The maximum atomic E-state index is 13.7. The number of rotatable bonds is 13. The van der Waals surface area contributed by atoms with Crippen molar-refractivity contribution in [2.75, 3.05) is 19.8 Å². The molecule has 0 aromatic rings. The van der Waals surface area contributed by atoms with Gasteiger partial charge in [0.25, 0.3) is 10.2 Å². The zero-order valence-corrected chi connectivity index (χ0v) is 26.8. The number of allylic oxidation sites excluding steroid dienone is 4. The summed E-state index contributed by atoms with van der Waals surface area (Å²) in [4.78, 5) is 78.4. The molecule has 4 aliphatic carbocycles. The van der Waals surface area contributed by atoms with E-state index in [9.17, 15) is 49.6 Å². The van der Waals surface area contributed by atoms with Crippen LogP contribution in [0.5, 0.6) is 0 Å². The Morgan fingerprint density at radius 2 is 1.83 bits per heavy atom. The second-order valence-electron chi connectivity index (χ2n) is 13.2. The quantitative estimate of drug-likeness (QED) is 0.104. The van der Waals surface area contributed by atoms with E-state index in [1.54, 1.807) is 26.0 Å². The van der Waals surface area contributed by atoms with Crippen LogP contribution in [0.15, 0.2) is 23.8 Å². The normalized spacial score (nSPS) is 36.8. The smallest absolute Gasteiger partial charge is 0.323 e. The number of ketones is 2. The van der Waals surface area contributed by atoms with E-state index in [0.29, 0.717) is 19.3 Å². The summed E-state index contributed by atoms with van der Waals surface area (Å²) in [5.74, 6) is -4.48. The molecule has 0 amide bonds. The number of carbonyl (C=O) groups is 4. The first-order chi connectivity index (χ1) is 21.8. The van der Waals surface area contributed by atoms with Gasteiger partial charge in [0.05, 0.1) is 17.4 Å².